The van der Waals surface area contributed by atoms with Gasteiger partial charge in [0.25, 0.3) is 0 Å². The van der Waals surface area contributed by atoms with E-state index in [1.165, 1.54) is 6.92 Å². The largest absolute Gasteiger partial charge is 0.465 e. The molecule has 192 valence electrons. The van der Waals surface area contributed by atoms with Gasteiger partial charge >= 0.3 is 53.4 Å². The first-order valence-corrected chi connectivity index (χ1v) is 10.3. The molecule has 0 aliphatic carbocycles. The number of aliphatic hydroxyl groups excluding tert-OH is 1. The van der Waals surface area contributed by atoms with Crippen molar-refractivity contribution >= 4 is 35.8 Å². The molecule has 4 aliphatic rings. The van der Waals surface area contributed by atoms with Gasteiger partial charge in [0.05, 0.1) is 38.2 Å². The third kappa shape index (κ3) is 3.60. The molecule has 0 radical (unpaired) electrons. The van der Waals surface area contributed by atoms with E-state index in [1.54, 1.807) is 0 Å². The lowest BCUT2D eigenvalue weighted by Crippen LogP contribution is -2.77. The fraction of sp³-hybridized carbons (Fsp3) is 0.684. The molecule has 4 fully saturated rings. The molecule has 4 rings (SSSR count). The molecule has 6 unspecified atom stereocenters. The maximum absolute atomic E-state index is 12.9. The van der Waals surface area contributed by atoms with Crippen LogP contribution in [0.1, 0.15) is 45.4 Å². The average Bonchev–Trinajstić information content (AvgIpc) is 2.81. The highest BCUT2D eigenvalue weighted by molar-refractivity contribution is 5.94. The van der Waals surface area contributed by atoms with E-state index in [0.717, 1.165) is 0 Å². The van der Waals surface area contributed by atoms with Crippen molar-refractivity contribution in [2.75, 3.05) is 0 Å². The summed E-state index contributed by atoms with van der Waals surface area (Å²) in [5, 5.41) is 42.8. The van der Waals surface area contributed by atoms with Gasteiger partial charge in [-0.1, -0.05) is 6.92 Å². The molecular weight excluding hydrogens is 484 g/mol. The Hall–Kier alpha value is -3.34. The zero-order chi connectivity index (χ0) is 26.0. The summed E-state index contributed by atoms with van der Waals surface area (Å²) in [6.07, 6.45) is -7.90. The van der Waals surface area contributed by atoms with Gasteiger partial charge in [-0.25, -0.2) is 9.59 Å². The Morgan fingerprint density at radius 1 is 0.686 bits per heavy atom. The van der Waals surface area contributed by atoms with Gasteiger partial charge in [0.1, 0.15) is 0 Å². The van der Waals surface area contributed by atoms with Crippen molar-refractivity contribution in [3.05, 3.63) is 0 Å². The van der Waals surface area contributed by atoms with Crippen molar-refractivity contribution in [2.24, 2.45) is 0 Å². The quantitative estimate of drug-likeness (QED) is 0.215. The van der Waals surface area contributed by atoms with Crippen LogP contribution in [0.2, 0.25) is 0 Å². The van der Waals surface area contributed by atoms with E-state index < -0.39 is 103 Å². The molecule has 0 saturated carbocycles. The van der Waals surface area contributed by atoms with E-state index in [1.807, 2.05) is 0 Å². The Labute approximate surface area is 194 Å². The lowest BCUT2D eigenvalue weighted by molar-refractivity contribution is -0.502. The second-order valence-electron chi connectivity index (χ2n) is 8.66. The van der Waals surface area contributed by atoms with Crippen LogP contribution in [0.3, 0.4) is 0 Å². The fourth-order valence-corrected chi connectivity index (χ4v) is 4.17. The molecule has 4 saturated heterocycles. The van der Waals surface area contributed by atoms with Gasteiger partial charge in [-0.2, -0.15) is 0 Å². The molecule has 1 spiro atoms. The summed E-state index contributed by atoms with van der Waals surface area (Å²) in [5.74, 6) is -21.0. The first kappa shape index (κ1) is 24.8. The molecular formula is C19H20O16. The Morgan fingerprint density at radius 3 is 1.60 bits per heavy atom. The summed E-state index contributed by atoms with van der Waals surface area (Å²) in [6.45, 7) is 1.41. The lowest BCUT2D eigenvalue weighted by Gasteiger charge is -2.50. The van der Waals surface area contributed by atoms with Crippen molar-refractivity contribution in [1.82, 2.24) is 0 Å². The molecule has 4 N–H and O–H groups in total. The number of aliphatic hydroxyl groups is 4. The number of carbonyl (C=O) groups is 6. The van der Waals surface area contributed by atoms with Gasteiger partial charge < -0.3 is 48.8 Å². The number of hydrogen-bond acceptors (Lipinski definition) is 16. The minimum Gasteiger partial charge on any atom is -0.414 e. The molecule has 16 nitrogen and oxygen atoms in total. The third-order valence-electron chi connectivity index (χ3n) is 5.93. The first-order valence-electron chi connectivity index (χ1n) is 10.3. The Bertz CT molecular complexity index is 1020. The van der Waals surface area contributed by atoms with E-state index in [4.69, 9.17) is 28.4 Å². The van der Waals surface area contributed by atoms with Gasteiger partial charge in [-0.3, -0.25) is 19.2 Å². The predicted molar refractivity (Wildman–Crippen MR) is 96.2 cm³/mol. The van der Waals surface area contributed by atoms with Gasteiger partial charge in [-0.05, 0) is 6.42 Å². The molecule has 0 aromatic carbocycles. The minimum absolute atomic E-state index is 0.156. The number of esters is 6. The van der Waals surface area contributed by atoms with Crippen LogP contribution in [-0.2, 0) is 57.2 Å². The van der Waals surface area contributed by atoms with E-state index in [0.29, 0.717) is 0 Å². The zero-order valence-corrected chi connectivity index (χ0v) is 18.0. The first-order chi connectivity index (χ1) is 16.1. The van der Waals surface area contributed by atoms with Gasteiger partial charge in [0.15, 0.2) is 11.2 Å². The van der Waals surface area contributed by atoms with Gasteiger partial charge in [0.2, 0.25) is 0 Å². The van der Waals surface area contributed by atoms with Crippen LogP contribution in [0.5, 0.6) is 0 Å². The molecule has 4 bridgehead atoms. The van der Waals surface area contributed by atoms with Gasteiger partial charge in [-0.15, -0.1) is 0 Å². The van der Waals surface area contributed by atoms with Crippen molar-refractivity contribution in [2.45, 2.75) is 80.3 Å². The van der Waals surface area contributed by atoms with Crippen LogP contribution >= 0.6 is 0 Å². The molecule has 0 aromatic heterocycles. The standard InChI is InChI=1S/C19H20O16/c1-2-8(20)3-17-18(31-10(22)5-15(27,13(25)34-17)4-9(21)30-17)19(29)33-12(24)7-16(28,14(26)35-19)6-11(23)32-18/h8,20,27-29H,2-7H2,1H3. The second kappa shape index (κ2) is 7.58. The Balaban J connectivity index is 2.05. The third-order valence-corrected chi connectivity index (χ3v) is 5.93. The molecule has 0 amide bonds. The maximum atomic E-state index is 12.9. The molecule has 4 heterocycles. The number of ether oxygens (including phenoxy) is 6. The van der Waals surface area contributed by atoms with Crippen LogP contribution in [0.25, 0.3) is 0 Å². The monoisotopic (exact) mass is 504 g/mol. The van der Waals surface area contributed by atoms with E-state index >= 15 is 0 Å². The Morgan fingerprint density at radius 2 is 1.11 bits per heavy atom. The van der Waals surface area contributed by atoms with Crippen molar-refractivity contribution in [3.8, 4) is 0 Å². The van der Waals surface area contributed by atoms with E-state index in [2.05, 4.69) is 0 Å². The summed E-state index contributed by atoms with van der Waals surface area (Å²) in [6, 6.07) is 0. The fourth-order valence-electron chi connectivity index (χ4n) is 4.17. The van der Waals surface area contributed by atoms with Crippen LogP contribution in [0.4, 0.5) is 0 Å². The summed E-state index contributed by atoms with van der Waals surface area (Å²) < 4.78 is 29.9. The predicted octanol–water partition coefficient (Wildman–Crippen LogP) is -3.48. The highest BCUT2D eigenvalue weighted by Crippen LogP contribution is 2.52. The van der Waals surface area contributed by atoms with Gasteiger partial charge in [0, 0.05) is 0 Å². The number of hydrogen-bond donors (Lipinski definition) is 4. The lowest BCUT2D eigenvalue weighted by atomic mass is 9.91. The normalized spacial score (nSPS) is 42.1. The molecule has 6 atom stereocenters. The topological polar surface area (TPSA) is 239 Å². The average molecular weight is 504 g/mol. The van der Waals surface area contributed by atoms with Crippen molar-refractivity contribution in [3.63, 3.8) is 0 Å². The van der Waals surface area contributed by atoms with Crippen LogP contribution < -0.4 is 0 Å². The minimum atomic E-state index is -4.02. The van der Waals surface area contributed by atoms with Crippen LogP contribution in [0.15, 0.2) is 0 Å². The molecule has 16 heteroatoms. The SMILES string of the molecule is CCC(O)CC12OC(=O)CC(O)(CC(=O)OC13OC(=O)CC1(O)CC(=O)OC3(O)OC1=O)C(=O)O2. The highest BCUT2D eigenvalue weighted by atomic mass is 16.9. The molecule has 0 aromatic rings. The van der Waals surface area contributed by atoms with Crippen LogP contribution in [0, 0.1) is 0 Å². The number of fused-ring (bicyclic) bond motifs is 8. The molecule has 35 heavy (non-hydrogen) atoms. The maximum Gasteiger partial charge on any atom is 0.465 e. The van der Waals surface area contributed by atoms with Crippen LogP contribution in [-0.4, -0.2) is 91.1 Å². The summed E-state index contributed by atoms with van der Waals surface area (Å²) in [4.78, 5) is 76.2. The smallest absolute Gasteiger partial charge is 0.414 e. The van der Waals surface area contributed by atoms with E-state index in [9.17, 15) is 49.2 Å². The molecule has 4 aliphatic heterocycles. The number of carbonyl (C=O) groups excluding carboxylic acids is 6. The second-order valence-corrected chi connectivity index (χ2v) is 8.66. The van der Waals surface area contributed by atoms with Crippen molar-refractivity contribution in [1.29, 1.82) is 0 Å². The highest BCUT2D eigenvalue weighted by Gasteiger charge is 2.84. The summed E-state index contributed by atoms with van der Waals surface area (Å²) >= 11 is 0. The zero-order valence-electron chi connectivity index (χ0n) is 18.0. The summed E-state index contributed by atoms with van der Waals surface area (Å²) in [7, 11) is 0. The van der Waals surface area contributed by atoms with E-state index in [-0.39, 0.29) is 6.42 Å². The number of rotatable bonds is 3. The Kier molecular flexibility index (Phi) is 5.36. The summed E-state index contributed by atoms with van der Waals surface area (Å²) in [5.41, 5.74) is -5.71. The van der Waals surface area contributed by atoms with Crippen molar-refractivity contribution < 1.29 is 77.6 Å².